The number of hydrogen-bond acceptors (Lipinski definition) is 3. The maximum Gasteiger partial charge on any atom is 0.253 e. The number of aromatic hydroxyl groups is 1. The molecule has 0 spiro atoms. The van der Waals surface area contributed by atoms with Gasteiger partial charge in [0.2, 0.25) is 0 Å². The van der Waals surface area contributed by atoms with Crippen molar-refractivity contribution in [1.29, 1.82) is 0 Å². The predicted molar refractivity (Wildman–Crippen MR) is 82.5 cm³/mol. The highest BCUT2D eigenvalue weighted by Crippen LogP contribution is 2.30. The molecule has 0 aliphatic carbocycles. The predicted octanol–water partition coefficient (Wildman–Crippen LogP) is 2.26. The van der Waals surface area contributed by atoms with Crippen molar-refractivity contribution in [2.45, 2.75) is 32.2 Å². The quantitative estimate of drug-likeness (QED) is 0.862. The van der Waals surface area contributed by atoms with Gasteiger partial charge >= 0.3 is 0 Å². The molecule has 3 rings (SSSR count). The second-order valence-corrected chi connectivity index (χ2v) is 6.49. The van der Waals surface area contributed by atoms with Crippen LogP contribution in [-0.4, -0.2) is 53.5 Å². The van der Waals surface area contributed by atoms with Crippen molar-refractivity contribution < 1.29 is 9.90 Å². The van der Waals surface area contributed by atoms with Crippen molar-refractivity contribution in [2.75, 3.05) is 26.7 Å². The molecule has 0 saturated carbocycles. The van der Waals surface area contributed by atoms with Gasteiger partial charge in [-0.15, -0.1) is 0 Å². The molecule has 2 aliphatic rings. The molecule has 2 heterocycles. The molecular formula is C17H24N2O2. The summed E-state index contributed by atoms with van der Waals surface area (Å²) in [7, 11) is 2.21. The van der Waals surface area contributed by atoms with Crippen LogP contribution in [0, 0.1) is 12.8 Å². The number of piperidine rings is 2. The SMILES string of the molecule is Cc1cc(C(=O)N2CCC3C(CCCN3C)C2)ccc1O. The average Bonchev–Trinajstić information content (AvgIpc) is 2.49. The molecule has 4 heteroatoms. The fourth-order valence-corrected chi connectivity index (χ4v) is 3.81. The Bertz CT molecular complexity index is 544. The summed E-state index contributed by atoms with van der Waals surface area (Å²) < 4.78 is 0. The van der Waals surface area contributed by atoms with Gasteiger partial charge in [0.1, 0.15) is 5.75 Å². The number of fused-ring (bicyclic) bond motifs is 1. The molecule has 2 saturated heterocycles. The van der Waals surface area contributed by atoms with Crippen molar-refractivity contribution in [1.82, 2.24) is 9.80 Å². The highest BCUT2D eigenvalue weighted by atomic mass is 16.3. The zero-order chi connectivity index (χ0) is 15.0. The van der Waals surface area contributed by atoms with Crippen LogP contribution in [-0.2, 0) is 0 Å². The number of phenols is 1. The van der Waals surface area contributed by atoms with Gasteiger partial charge in [0.25, 0.3) is 5.91 Å². The normalized spacial score (nSPS) is 26.5. The van der Waals surface area contributed by atoms with Gasteiger partial charge in [-0.3, -0.25) is 4.79 Å². The van der Waals surface area contributed by atoms with Crippen molar-refractivity contribution >= 4 is 5.91 Å². The van der Waals surface area contributed by atoms with E-state index in [9.17, 15) is 9.90 Å². The molecule has 0 bridgehead atoms. The molecule has 0 aromatic heterocycles. The smallest absolute Gasteiger partial charge is 0.253 e. The molecule has 21 heavy (non-hydrogen) atoms. The van der Waals surface area contributed by atoms with Gasteiger partial charge in [0, 0.05) is 24.7 Å². The summed E-state index contributed by atoms with van der Waals surface area (Å²) in [5, 5.41) is 9.59. The lowest BCUT2D eigenvalue weighted by Crippen LogP contribution is -2.53. The lowest BCUT2D eigenvalue weighted by molar-refractivity contribution is 0.0317. The Balaban J connectivity index is 1.72. The van der Waals surface area contributed by atoms with Crippen molar-refractivity contribution in [3.05, 3.63) is 29.3 Å². The van der Waals surface area contributed by atoms with E-state index >= 15 is 0 Å². The fourth-order valence-electron chi connectivity index (χ4n) is 3.81. The standard InChI is InChI=1S/C17H24N2O2/c1-12-10-13(5-6-16(12)20)17(21)19-9-7-15-14(11-19)4-3-8-18(15)2/h5-6,10,14-15,20H,3-4,7-9,11H2,1-2H3. The van der Waals surface area contributed by atoms with Crippen LogP contribution >= 0.6 is 0 Å². The summed E-state index contributed by atoms with van der Waals surface area (Å²) in [4.78, 5) is 17.1. The van der Waals surface area contributed by atoms with Crippen LogP contribution in [0.15, 0.2) is 18.2 Å². The number of rotatable bonds is 1. The topological polar surface area (TPSA) is 43.8 Å². The summed E-state index contributed by atoms with van der Waals surface area (Å²) in [5.41, 5.74) is 1.45. The van der Waals surface area contributed by atoms with Gasteiger partial charge in [0.15, 0.2) is 0 Å². The minimum absolute atomic E-state index is 0.102. The number of amides is 1. The summed E-state index contributed by atoms with van der Waals surface area (Å²) in [5.74, 6) is 0.962. The van der Waals surface area contributed by atoms with E-state index in [1.807, 2.05) is 11.8 Å². The molecular weight excluding hydrogens is 264 g/mol. The number of likely N-dealkylation sites (tertiary alicyclic amines) is 2. The van der Waals surface area contributed by atoms with Gasteiger partial charge in [-0.1, -0.05) is 0 Å². The lowest BCUT2D eigenvalue weighted by Gasteiger charge is -2.46. The highest BCUT2D eigenvalue weighted by molar-refractivity contribution is 5.94. The lowest BCUT2D eigenvalue weighted by atomic mass is 9.84. The van der Waals surface area contributed by atoms with E-state index in [0.717, 1.165) is 25.1 Å². The summed E-state index contributed by atoms with van der Waals surface area (Å²) in [6.45, 7) is 4.72. The van der Waals surface area contributed by atoms with Crippen LogP contribution in [0.1, 0.15) is 35.2 Å². The minimum atomic E-state index is 0.102. The van der Waals surface area contributed by atoms with E-state index < -0.39 is 0 Å². The number of hydrogen-bond donors (Lipinski definition) is 1. The van der Waals surface area contributed by atoms with E-state index in [0.29, 0.717) is 17.5 Å². The number of aryl methyl sites for hydroxylation is 1. The Hall–Kier alpha value is -1.55. The van der Waals surface area contributed by atoms with Crippen molar-refractivity contribution in [3.8, 4) is 5.75 Å². The van der Waals surface area contributed by atoms with Crippen LogP contribution in [0.5, 0.6) is 5.75 Å². The summed E-state index contributed by atoms with van der Waals surface area (Å²) >= 11 is 0. The number of benzene rings is 1. The molecule has 2 unspecified atom stereocenters. The maximum absolute atomic E-state index is 12.6. The van der Waals surface area contributed by atoms with Crippen LogP contribution in [0.4, 0.5) is 0 Å². The largest absolute Gasteiger partial charge is 0.508 e. The van der Waals surface area contributed by atoms with E-state index in [1.165, 1.54) is 19.4 Å². The Kier molecular flexibility index (Phi) is 3.89. The second kappa shape index (κ2) is 5.68. The Labute approximate surface area is 126 Å². The molecule has 2 fully saturated rings. The molecule has 1 aromatic rings. The first-order chi connectivity index (χ1) is 10.1. The minimum Gasteiger partial charge on any atom is -0.508 e. The van der Waals surface area contributed by atoms with Crippen molar-refractivity contribution in [2.24, 2.45) is 5.92 Å². The Morgan fingerprint density at radius 2 is 2.10 bits per heavy atom. The number of carbonyl (C=O) groups is 1. The first-order valence-electron chi connectivity index (χ1n) is 7.85. The molecule has 1 N–H and O–H groups in total. The highest BCUT2D eigenvalue weighted by Gasteiger charge is 2.35. The molecule has 2 aliphatic heterocycles. The molecule has 0 radical (unpaired) electrons. The van der Waals surface area contributed by atoms with E-state index in [2.05, 4.69) is 11.9 Å². The Morgan fingerprint density at radius 1 is 1.29 bits per heavy atom. The Morgan fingerprint density at radius 3 is 2.86 bits per heavy atom. The fraction of sp³-hybridized carbons (Fsp3) is 0.588. The van der Waals surface area contributed by atoms with Crippen LogP contribution in [0.3, 0.4) is 0 Å². The third-order valence-corrected chi connectivity index (χ3v) is 5.08. The summed E-state index contributed by atoms with van der Waals surface area (Å²) in [6, 6.07) is 5.77. The van der Waals surface area contributed by atoms with Crippen LogP contribution in [0.25, 0.3) is 0 Å². The van der Waals surface area contributed by atoms with E-state index in [4.69, 9.17) is 0 Å². The number of phenolic OH excluding ortho intramolecular Hbond substituents is 1. The van der Waals surface area contributed by atoms with Crippen LogP contribution in [0.2, 0.25) is 0 Å². The average molecular weight is 288 g/mol. The van der Waals surface area contributed by atoms with Gasteiger partial charge in [-0.25, -0.2) is 0 Å². The summed E-state index contributed by atoms with van der Waals surface area (Å²) in [6.07, 6.45) is 3.54. The second-order valence-electron chi connectivity index (χ2n) is 6.49. The first-order valence-corrected chi connectivity index (χ1v) is 7.85. The first kappa shape index (κ1) is 14.4. The van der Waals surface area contributed by atoms with Gasteiger partial charge in [-0.2, -0.15) is 0 Å². The maximum atomic E-state index is 12.6. The molecule has 1 aromatic carbocycles. The zero-order valence-electron chi connectivity index (χ0n) is 12.9. The van der Waals surface area contributed by atoms with Gasteiger partial charge in [-0.05, 0) is 69.5 Å². The van der Waals surface area contributed by atoms with Gasteiger partial charge < -0.3 is 14.9 Å². The monoisotopic (exact) mass is 288 g/mol. The van der Waals surface area contributed by atoms with E-state index in [-0.39, 0.29) is 11.7 Å². The molecule has 1 amide bonds. The van der Waals surface area contributed by atoms with Crippen LogP contribution < -0.4 is 0 Å². The van der Waals surface area contributed by atoms with Crippen molar-refractivity contribution in [3.63, 3.8) is 0 Å². The third kappa shape index (κ3) is 2.77. The third-order valence-electron chi connectivity index (χ3n) is 5.08. The molecule has 114 valence electrons. The zero-order valence-corrected chi connectivity index (χ0v) is 12.9. The number of carbonyl (C=O) groups excluding carboxylic acids is 1. The van der Waals surface area contributed by atoms with Gasteiger partial charge in [0.05, 0.1) is 0 Å². The molecule has 2 atom stereocenters. The van der Waals surface area contributed by atoms with E-state index in [1.54, 1.807) is 18.2 Å². The molecule has 4 nitrogen and oxygen atoms in total. The number of nitrogens with zero attached hydrogens (tertiary/aromatic N) is 2.